The number of unbranched alkanes of at least 4 members (excludes halogenated alkanes) is 1. The molecule has 2 N–H and O–H groups in total. The summed E-state index contributed by atoms with van der Waals surface area (Å²) in [6, 6.07) is 5.23. The van der Waals surface area contributed by atoms with Gasteiger partial charge in [-0.3, -0.25) is 5.43 Å². The molecule has 1 rings (SSSR count). The summed E-state index contributed by atoms with van der Waals surface area (Å²) >= 11 is 0. The average Bonchev–Trinajstić information content (AvgIpc) is 2.29. The van der Waals surface area contributed by atoms with E-state index in [4.69, 9.17) is 5.11 Å². The number of nitrogens with zero attached hydrogens (tertiary/aromatic N) is 1. The van der Waals surface area contributed by atoms with Crippen LogP contribution in [0, 0.1) is 0 Å². The lowest BCUT2D eigenvalue weighted by Gasteiger charge is -2.08. The van der Waals surface area contributed by atoms with Gasteiger partial charge in [-0.2, -0.15) is 5.10 Å². The molecule has 0 fully saturated rings. The minimum atomic E-state index is -4.68. The smallest absolute Gasteiger partial charge is 0.406 e. The van der Waals surface area contributed by atoms with Gasteiger partial charge in [-0.25, -0.2) is 0 Å². The van der Waals surface area contributed by atoms with Gasteiger partial charge in [0, 0.05) is 12.8 Å². The highest BCUT2D eigenvalue weighted by molar-refractivity contribution is 5.59. The Morgan fingerprint density at radius 3 is 2.50 bits per heavy atom. The predicted molar refractivity (Wildman–Crippen MR) is 61.6 cm³/mol. The summed E-state index contributed by atoms with van der Waals surface area (Å²) in [5.74, 6) is -0.280. The topological polar surface area (TPSA) is 53.9 Å². The molecule has 0 heterocycles. The molecule has 0 aliphatic carbocycles. The molecule has 1 aromatic carbocycles. The predicted octanol–water partition coefficient (Wildman–Crippen LogP) is 2.76. The monoisotopic (exact) mass is 262 g/mol. The van der Waals surface area contributed by atoms with E-state index in [9.17, 15) is 13.2 Å². The fourth-order valence-corrected chi connectivity index (χ4v) is 1.10. The molecular formula is C11H13F3N2O2. The third kappa shape index (κ3) is 6.09. The molecule has 0 aliphatic heterocycles. The number of hydrogen-bond donors (Lipinski definition) is 2. The fraction of sp³-hybridized carbons (Fsp3) is 0.364. The fourth-order valence-electron chi connectivity index (χ4n) is 1.10. The molecule has 0 bridgehead atoms. The van der Waals surface area contributed by atoms with Gasteiger partial charge in [-0.05, 0) is 37.1 Å². The van der Waals surface area contributed by atoms with Gasteiger partial charge < -0.3 is 9.84 Å². The van der Waals surface area contributed by atoms with Crippen molar-refractivity contribution < 1.29 is 23.0 Å². The zero-order chi connectivity index (χ0) is 13.4. The van der Waals surface area contributed by atoms with Crippen LogP contribution in [0.2, 0.25) is 0 Å². The molecule has 1 aromatic rings. The molecule has 18 heavy (non-hydrogen) atoms. The van der Waals surface area contributed by atoms with E-state index in [1.165, 1.54) is 24.3 Å². The van der Waals surface area contributed by atoms with Gasteiger partial charge in [-0.1, -0.05) is 0 Å². The van der Waals surface area contributed by atoms with Crippen molar-refractivity contribution in [1.82, 2.24) is 0 Å². The highest BCUT2D eigenvalue weighted by atomic mass is 19.4. The molecule has 0 saturated heterocycles. The third-order valence-electron chi connectivity index (χ3n) is 1.86. The first-order valence-electron chi connectivity index (χ1n) is 5.25. The molecule has 0 radical (unpaired) electrons. The summed E-state index contributed by atoms with van der Waals surface area (Å²) in [5.41, 5.74) is 3.19. The van der Waals surface area contributed by atoms with Crippen LogP contribution in [0.15, 0.2) is 29.4 Å². The number of halogens is 3. The van der Waals surface area contributed by atoms with E-state index in [2.05, 4.69) is 15.3 Å². The summed E-state index contributed by atoms with van der Waals surface area (Å²) in [6.45, 7) is 0.0928. The van der Waals surface area contributed by atoms with Crippen LogP contribution in [0.3, 0.4) is 0 Å². The Kier molecular flexibility index (Phi) is 5.44. The summed E-state index contributed by atoms with van der Waals surface area (Å²) in [6.07, 6.45) is -1.87. The second-order valence-corrected chi connectivity index (χ2v) is 3.36. The largest absolute Gasteiger partial charge is 0.573 e. The van der Waals surface area contributed by atoms with Gasteiger partial charge >= 0.3 is 6.36 Å². The normalized spacial score (nSPS) is 11.8. The summed E-state index contributed by atoms with van der Waals surface area (Å²) < 4.78 is 39.4. The zero-order valence-electron chi connectivity index (χ0n) is 9.44. The Bertz CT molecular complexity index is 377. The Hall–Kier alpha value is -1.76. The van der Waals surface area contributed by atoms with Gasteiger partial charge in [0.2, 0.25) is 0 Å². The van der Waals surface area contributed by atoms with Crippen LogP contribution in [-0.2, 0) is 0 Å². The molecule has 0 amide bonds. The number of aliphatic hydroxyl groups excluding tert-OH is 1. The van der Waals surface area contributed by atoms with E-state index < -0.39 is 6.36 Å². The standard InChI is InChI=1S/C11H13F3N2O2/c12-11(13,14)18-10-5-3-9(4-6-10)16-15-7-1-2-8-17/h3-7,16-17H,1-2,8H2/b15-7-. The first-order chi connectivity index (χ1) is 8.51. The first kappa shape index (κ1) is 14.3. The third-order valence-corrected chi connectivity index (χ3v) is 1.86. The molecule has 4 nitrogen and oxygen atoms in total. The first-order valence-corrected chi connectivity index (χ1v) is 5.25. The summed E-state index contributed by atoms with van der Waals surface area (Å²) in [4.78, 5) is 0. The molecule has 100 valence electrons. The lowest BCUT2D eigenvalue weighted by molar-refractivity contribution is -0.274. The quantitative estimate of drug-likeness (QED) is 0.471. The van der Waals surface area contributed by atoms with Crippen molar-refractivity contribution in [2.45, 2.75) is 19.2 Å². The molecule has 0 aliphatic rings. The molecule has 0 aromatic heterocycles. The number of hydrogen-bond acceptors (Lipinski definition) is 4. The Morgan fingerprint density at radius 2 is 1.94 bits per heavy atom. The van der Waals surface area contributed by atoms with E-state index in [0.717, 1.165) is 0 Å². The van der Waals surface area contributed by atoms with Crippen molar-refractivity contribution in [1.29, 1.82) is 0 Å². The lowest BCUT2D eigenvalue weighted by atomic mass is 10.3. The SMILES string of the molecule is OCCC/C=N\Nc1ccc(OC(F)(F)F)cc1. The lowest BCUT2D eigenvalue weighted by Crippen LogP contribution is -2.16. The molecular weight excluding hydrogens is 249 g/mol. The van der Waals surface area contributed by atoms with Crippen LogP contribution in [0.4, 0.5) is 18.9 Å². The number of alkyl halides is 3. The van der Waals surface area contributed by atoms with Crippen LogP contribution in [0.5, 0.6) is 5.75 Å². The van der Waals surface area contributed by atoms with Crippen LogP contribution in [-0.4, -0.2) is 24.3 Å². The maximum atomic E-state index is 11.9. The van der Waals surface area contributed by atoms with Crippen LogP contribution >= 0.6 is 0 Å². The van der Waals surface area contributed by atoms with Crippen LogP contribution < -0.4 is 10.2 Å². The van der Waals surface area contributed by atoms with Gasteiger partial charge in [0.25, 0.3) is 0 Å². The second-order valence-electron chi connectivity index (χ2n) is 3.36. The van der Waals surface area contributed by atoms with E-state index in [0.29, 0.717) is 18.5 Å². The van der Waals surface area contributed by atoms with Gasteiger partial charge in [0.15, 0.2) is 0 Å². The number of anilines is 1. The van der Waals surface area contributed by atoms with Crippen molar-refractivity contribution in [3.05, 3.63) is 24.3 Å². The van der Waals surface area contributed by atoms with Crippen LogP contribution in [0.1, 0.15) is 12.8 Å². The molecule has 0 saturated carbocycles. The second kappa shape index (κ2) is 6.85. The van der Waals surface area contributed by atoms with E-state index in [1.54, 1.807) is 6.21 Å². The molecule has 0 atom stereocenters. The number of rotatable bonds is 6. The van der Waals surface area contributed by atoms with Crippen molar-refractivity contribution in [2.24, 2.45) is 5.10 Å². The average molecular weight is 262 g/mol. The highest BCUT2D eigenvalue weighted by Gasteiger charge is 2.30. The molecule has 0 unspecified atom stereocenters. The van der Waals surface area contributed by atoms with E-state index in [-0.39, 0.29) is 12.4 Å². The van der Waals surface area contributed by atoms with Crippen molar-refractivity contribution in [2.75, 3.05) is 12.0 Å². The maximum absolute atomic E-state index is 11.9. The van der Waals surface area contributed by atoms with Gasteiger partial charge in [-0.15, -0.1) is 13.2 Å². The maximum Gasteiger partial charge on any atom is 0.573 e. The van der Waals surface area contributed by atoms with Gasteiger partial charge in [0.05, 0.1) is 5.69 Å². The van der Waals surface area contributed by atoms with Crippen molar-refractivity contribution in [3.63, 3.8) is 0 Å². The van der Waals surface area contributed by atoms with Crippen LogP contribution in [0.25, 0.3) is 0 Å². The Morgan fingerprint density at radius 1 is 1.28 bits per heavy atom. The molecule has 0 spiro atoms. The minimum Gasteiger partial charge on any atom is -0.406 e. The van der Waals surface area contributed by atoms with E-state index in [1.807, 2.05) is 0 Å². The number of hydrazone groups is 1. The van der Waals surface area contributed by atoms with E-state index >= 15 is 0 Å². The highest BCUT2D eigenvalue weighted by Crippen LogP contribution is 2.23. The number of benzene rings is 1. The summed E-state index contributed by atoms with van der Waals surface area (Å²) in [7, 11) is 0. The number of nitrogens with one attached hydrogen (secondary N) is 1. The zero-order valence-corrected chi connectivity index (χ0v) is 9.44. The minimum absolute atomic E-state index is 0.0928. The summed E-state index contributed by atoms with van der Waals surface area (Å²) in [5, 5.41) is 12.4. The number of ether oxygens (including phenoxy) is 1. The van der Waals surface area contributed by atoms with Crippen molar-refractivity contribution in [3.8, 4) is 5.75 Å². The van der Waals surface area contributed by atoms with Gasteiger partial charge in [0.1, 0.15) is 5.75 Å². The Balaban J connectivity index is 2.43. The molecule has 7 heteroatoms. The van der Waals surface area contributed by atoms with Crippen molar-refractivity contribution >= 4 is 11.9 Å². The number of aliphatic hydroxyl groups is 1. The Labute approximate surface area is 102 Å².